The van der Waals surface area contributed by atoms with E-state index in [0.717, 1.165) is 37.2 Å². The molecule has 3 aliphatic carbocycles. The summed E-state index contributed by atoms with van der Waals surface area (Å²) in [5.41, 5.74) is 5.48. The van der Waals surface area contributed by atoms with Crippen molar-refractivity contribution < 1.29 is 33.4 Å². The Labute approximate surface area is 302 Å². The number of amides is 2. The van der Waals surface area contributed by atoms with Crippen LogP contribution in [0, 0.1) is 11.8 Å². The zero-order valence-corrected chi connectivity index (χ0v) is 28.7. The second kappa shape index (κ2) is 13.2. The minimum Gasteiger partial charge on any atom is -0.456 e. The largest absolute Gasteiger partial charge is 0.456 e. The predicted octanol–water partition coefficient (Wildman–Crippen LogP) is 6.90. The number of rotatable bonds is 9. The summed E-state index contributed by atoms with van der Waals surface area (Å²) in [6, 6.07) is 36.4. The van der Waals surface area contributed by atoms with Crippen molar-refractivity contribution in [1.29, 1.82) is 0 Å². The van der Waals surface area contributed by atoms with Crippen molar-refractivity contribution in [3.05, 3.63) is 171 Å². The molecule has 8 nitrogen and oxygen atoms in total. The van der Waals surface area contributed by atoms with Crippen LogP contribution in [0.3, 0.4) is 0 Å². The van der Waals surface area contributed by atoms with Gasteiger partial charge in [-0.1, -0.05) is 94.8 Å². The molecule has 0 saturated carbocycles. The Kier molecular flexibility index (Phi) is 8.44. The Bertz CT molecular complexity index is 2080. The fourth-order valence-corrected chi connectivity index (χ4v) is 8.17. The van der Waals surface area contributed by atoms with E-state index in [2.05, 4.69) is 15.9 Å². The number of esters is 2. The summed E-state index contributed by atoms with van der Waals surface area (Å²) in [4.78, 5) is 69.6. The lowest BCUT2D eigenvalue weighted by Crippen LogP contribution is -2.48. The van der Waals surface area contributed by atoms with Crippen molar-refractivity contribution in [2.45, 2.75) is 24.3 Å². The van der Waals surface area contributed by atoms with Crippen LogP contribution in [-0.2, 0) is 25.5 Å². The molecule has 4 aliphatic rings. The number of ketones is 1. The molecule has 0 N–H and O–H groups in total. The number of hydrogen-bond acceptors (Lipinski definition) is 7. The Hall–Kier alpha value is -5.67. The van der Waals surface area contributed by atoms with E-state index in [1.807, 2.05) is 78.9 Å². The van der Waals surface area contributed by atoms with Gasteiger partial charge in [0, 0.05) is 28.3 Å². The standard InChI is InChI=1S/C42H30BrNO7/c43-27-18-14-26(15-19-27)41(48)51-28-20-16-25(17-21-28)34(45)23-50-42(49)33(22-24-8-2-1-3-9-24)44-39(46)37-35-29-10-4-5-11-30(29)36(38(37)40(44)47)32-13-7-6-12-31(32)35/h1-21,33,35-38H,22-23H2. The third-order valence-electron chi connectivity index (χ3n) is 10.2. The van der Waals surface area contributed by atoms with Gasteiger partial charge < -0.3 is 9.47 Å². The second-order valence-corrected chi connectivity index (χ2v) is 13.9. The zero-order chi connectivity index (χ0) is 35.2. The molecule has 5 aromatic carbocycles. The first kappa shape index (κ1) is 32.5. The van der Waals surface area contributed by atoms with E-state index < -0.39 is 54.0 Å². The lowest BCUT2D eigenvalue weighted by molar-refractivity contribution is -0.158. The van der Waals surface area contributed by atoms with Crippen LogP contribution in [-0.4, -0.2) is 47.1 Å². The molecule has 0 spiro atoms. The summed E-state index contributed by atoms with van der Waals surface area (Å²) in [6.07, 6.45) is 0.0401. The molecule has 1 aliphatic heterocycles. The maximum absolute atomic E-state index is 14.5. The average Bonchev–Trinajstić information content (AvgIpc) is 3.43. The molecule has 3 atom stereocenters. The summed E-state index contributed by atoms with van der Waals surface area (Å²) >= 11 is 3.33. The van der Waals surface area contributed by atoms with Crippen LogP contribution < -0.4 is 4.74 Å². The number of carbonyl (C=O) groups is 5. The van der Waals surface area contributed by atoms with E-state index in [0.29, 0.717) is 5.56 Å². The molecule has 9 heteroatoms. The highest BCUT2D eigenvalue weighted by Gasteiger charge is 2.63. The number of Topliss-reactive ketones (excluding diaryl/α,β-unsaturated/α-hetero) is 1. The van der Waals surface area contributed by atoms with E-state index in [-0.39, 0.29) is 29.6 Å². The number of likely N-dealkylation sites (tertiary alicyclic amines) is 1. The highest BCUT2D eigenvalue weighted by atomic mass is 79.9. The number of imide groups is 1. The molecular weight excluding hydrogens is 710 g/mol. The molecule has 51 heavy (non-hydrogen) atoms. The highest BCUT2D eigenvalue weighted by molar-refractivity contribution is 9.10. The fourth-order valence-electron chi connectivity index (χ4n) is 7.90. The van der Waals surface area contributed by atoms with Crippen molar-refractivity contribution in [2.75, 3.05) is 6.61 Å². The number of nitrogens with zero attached hydrogens (tertiary/aromatic N) is 1. The monoisotopic (exact) mass is 739 g/mol. The Balaban J connectivity index is 1.02. The van der Waals surface area contributed by atoms with E-state index in [1.54, 1.807) is 24.3 Å². The van der Waals surface area contributed by atoms with Gasteiger partial charge in [-0.3, -0.25) is 19.3 Å². The summed E-state index contributed by atoms with van der Waals surface area (Å²) in [5, 5.41) is 0. The van der Waals surface area contributed by atoms with Crippen molar-refractivity contribution in [2.24, 2.45) is 11.8 Å². The molecule has 3 unspecified atom stereocenters. The summed E-state index contributed by atoms with van der Waals surface area (Å²) in [7, 11) is 0. The summed E-state index contributed by atoms with van der Waals surface area (Å²) < 4.78 is 11.8. The van der Waals surface area contributed by atoms with Crippen LogP contribution in [0.4, 0.5) is 0 Å². The molecule has 5 aromatic rings. The maximum atomic E-state index is 14.5. The zero-order valence-electron chi connectivity index (χ0n) is 27.1. The molecule has 0 radical (unpaired) electrons. The van der Waals surface area contributed by atoms with Crippen molar-refractivity contribution in [3.8, 4) is 5.75 Å². The Morgan fingerprint density at radius 2 is 1.12 bits per heavy atom. The number of carbonyl (C=O) groups excluding carboxylic acids is 5. The second-order valence-electron chi connectivity index (χ2n) is 13.0. The van der Waals surface area contributed by atoms with Gasteiger partial charge in [0.15, 0.2) is 12.4 Å². The molecular formula is C42H30BrNO7. The third kappa shape index (κ3) is 5.77. The van der Waals surface area contributed by atoms with Gasteiger partial charge in [-0.2, -0.15) is 0 Å². The van der Waals surface area contributed by atoms with Crippen LogP contribution in [0.25, 0.3) is 0 Å². The van der Waals surface area contributed by atoms with E-state index in [4.69, 9.17) is 9.47 Å². The van der Waals surface area contributed by atoms with Crippen LogP contribution in [0.1, 0.15) is 60.4 Å². The number of benzene rings is 5. The van der Waals surface area contributed by atoms with Gasteiger partial charge in [0.2, 0.25) is 11.8 Å². The van der Waals surface area contributed by atoms with E-state index in [1.165, 1.54) is 24.3 Å². The molecule has 252 valence electrons. The molecule has 1 fully saturated rings. The first-order chi connectivity index (χ1) is 24.8. The number of hydrogen-bond donors (Lipinski definition) is 0. The molecule has 9 rings (SSSR count). The van der Waals surface area contributed by atoms with Crippen LogP contribution in [0.2, 0.25) is 0 Å². The van der Waals surface area contributed by atoms with Gasteiger partial charge in [0.25, 0.3) is 0 Å². The van der Waals surface area contributed by atoms with Gasteiger partial charge in [-0.25, -0.2) is 9.59 Å². The smallest absolute Gasteiger partial charge is 0.343 e. The lowest BCUT2D eigenvalue weighted by atomic mass is 9.55. The topological polar surface area (TPSA) is 107 Å². The lowest BCUT2D eigenvalue weighted by Gasteiger charge is -2.45. The van der Waals surface area contributed by atoms with Gasteiger partial charge >= 0.3 is 11.9 Å². The fraction of sp³-hybridized carbons (Fsp3) is 0.167. The Morgan fingerprint density at radius 3 is 1.65 bits per heavy atom. The maximum Gasteiger partial charge on any atom is 0.343 e. The van der Waals surface area contributed by atoms with Crippen LogP contribution >= 0.6 is 15.9 Å². The average molecular weight is 741 g/mol. The number of ether oxygens (including phenoxy) is 2. The minimum atomic E-state index is -1.27. The minimum absolute atomic E-state index is 0.0401. The van der Waals surface area contributed by atoms with Gasteiger partial charge in [0.1, 0.15) is 11.8 Å². The van der Waals surface area contributed by atoms with Gasteiger partial charge in [-0.15, -0.1) is 0 Å². The molecule has 1 heterocycles. The highest BCUT2D eigenvalue weighted by Crippen LogP contribution is 2.61. The first-order valence-corrected chi connectivity index (χ1v) is 17.5. The van der Waals surface area contributed by atoms with Gasteiger partial charge in [0.05, 0.1) is 17.4 Å². The molecule has 1 saturated heterocycles. The van der Waals surface area contributed by atoms with Crippen molar-refractivity contribution in [1.82, 2.24) is 4.90 Å². The van der Waals surface area contributed by atoms with Crippen LogP contribution in [0.15, 0.2) is 132 Å². The Morgan fingerprint density at radius 1 is 0.627 bits per heavy atom. The SMILES string of the molecule is O=C(COC(=O)C(Cc1ccccc1)N1C(=O)C2C3c4ccccc4C(c4ccccc43)C2C1=O)c1ccc(OC(=O)c2ccc(Br)cc2)cc1. The normalized spacial score (nSPS) is 20.2. The van der Waals surface area contributed by atoms with E-state index in [9.17, 15) is 24.0 Å². The number of halogens is 1. The molecule has 2 bridgehead atoms. The predicted molar refractivity (Wildman–Crippen MR) is 190 cm³/mol. The van der Waals surface area contributed by atoms with Crippen molar-refractivity contribution in [3.63, 3.8) is 0 Å². The molecule has 2 amide bonds. The van der Waals surface area contributed by atoms with E-state index >= 15 is 0 Å². The first-order valence-electron chi connectivity index (χ1n) is 16.7. The quantitative estimate of drug-likeness (QED) is 0.0701. The van der Waals surface area contributed by atoms with Crippen LogP contribution in [0.5, 0.6) is 5.75 Å². The van der Waals surface area contributed by atoms with Gasteiger partial charge in [-0.05, 0) is 76.3 Å². The molecule has 0 aromatic heterocycles. The third-order valence-corrected chi connectivity index (χ3v) is 10.7. The van der Waals surface area contributed by atoms with Crippen molar-refractivity contribution >= 4 is 45.5 Å². The summed E-state index contributed by atoms with van der Waals surface area (Å²) in [6.45, 7) is -0.604. The summed E-state index contributed by atoms with van der Waals surface area (Å²) in [5.74, 6) is -4.39.